The SMILES string of the molecule is CC1CCCCN1CC(C)(C)NC(=O)c1cc2ccc(N(C)C)cc2[nH]1. The van der Waals surface area contributed by atoms with Gasteiger partial charge in [0.1, 0.15) is 5.69 Å². The number of aromatic nitrogens is 1. The lowest BCUT2D eigenvalue weighted by atomic mass is 9.98. The maximum atomic E-state index is 12.8. The van der Waals surface area contributed by atoms with Gasteiger partial charge in [0.25, 0.3) is 5.91 Å². The van der Waals surface area contributed by atoms with Gasteiger partial charge in [-0.05, 0) is 58.4 Å². The third-order valence-corrected chi connectivity index (χ3v) is 5.36. The van der Waals surface area contributed by atoms with Gasteiger partial charge < -0.3 is 15.2 Å². The molecule has 2 N–H and O–H groups in total. The van der Waals surface area contributed by atoms with Gasteiger partial charge >= 0.3 is 0 Å². The van der Waals surface area contributed by atoms with Crippen molar-refractivity contribution in [2.45, 2.75) is 51.6 Å². The van der Waals surface area contributed by atoms with Crippen molar-refractivity contribution in [2.24, 2.45) is 0 Å². The third kappa shape index (κ3) is 4.21. The third-order valence-electron chi connectivity index (χ3n) is 5.36. The van der Waals surface area contributed by atoms with Crippen molar-refractivity contribution >= 4 is 22.5 Å². The lowest BCUT2D eigenvalue weighted by Gasteiger charge is -2.39. The van der Waals surface area contributed by atoms with Crippen molar-refractivity contribution in [1.29, 1.82) is 0 Å². The fourth-order valence-electron chi connectivity index (χ4n) is 3.83. The lowest BCUT2D eigenvalue weighted by Crippen LogP contribution is -2.54. The summed E-state index contributed by atoms with van der Waals surface area (Å²) in [4.78, 5) is 20.6. The number of benzene rings is 1. The standard InChI is InChI=1S/C21H32N4O/c1-15-8-6-7-11-25(15)14-21(2,3)23-20(26)19-12-16-9-10-17(24(4)5)13-18(16)22-19/h9-10,12-13,15,22H,6-8,11,14H2,1-5H3,(H,23,26). The Balaban J connectivity index is 1.71. The Morgan fingerprint density at radius 3 is 2.77 bits per heavy atom. The number of H-pyrrole nitrogens is 1. The molecule has 0 saturated carbocycles. The second kappa shape index (κ2) is 7.31. The van der Waals surface area contributed by atoms with Crippen molar-refractivity contribution in [3.05, 3.63) is 30.0 Å². The molecule has 0 spiro atoms. The van der Waals surface area contributed by atoms with Crippen LogP contribution in [0.2, 0.25) is 0 Å². The highest BCUT2D eigenvalue weighted by molar-refractivity contribution is 5.99. The average molecular weight is 357 g/mol. The number of anilines is 1. The molecule has 0 bridgehead atoms. The fraction of sp³-hybridized carbons (Fsp3) is 0.571. The minimum absolute atomic E-state index is 0.0396. The van der Waals surface area contributed by atoms with Crippen LogP contribution in [0.25, 0.3) is 10.9 Å². The van der Waals surface area contributed by atoms with E-state index in [0.29, 0.717) is 11.7 Å². The normalized spacial score (nSPS) is 18.9. The molecule has 5 nitrogen and oxygen atoms in total. The van der Waals surface area contributed by atoms with Gasteiger partial charge in [-0.15, -0.1) is 0 Å². The maximum Gasteiger partial charge on any atom is 0.268 e. The molecule has 1 unspecified atom stereocenters. The average Bonchev–Trinajstić information content (AvgIpc) is 2.99. The van der Waals surface area contributed by atoms with Crippen LogP contribution in [0.5, 0.6) is 0 Å². The number of aromatic amines is 1. The van der Waals surface area contributed by atoms with Gasteiger partial charge in [-0.3, -0.25) is 9.69 Å². The summed E-state index contributed by atoms with van der Waals surface area (Å²) in [7, 11) is 4.03. The fourth-order valence-corrected chi connectivity index (χ4v) is 3.83. The van der Waals surface area contributed by atoms with E-state index >= 15 is 0 Å². The molecule has 0 aliphatic carbocycles. The van der Waals surface area contributed by atoms with E-state index in [0.717, 1.165) is 29.7 Å². The first-order chi connectivity index (χ1) is 12.2. The molecule has 2 heterocycles. The number of fused-ring (bicyclic) bond motifs is 1. The van der Waals surface area contributed by atoms with Crippen molar-refractivity contribution in [3.63, 3.8) is 0 Å². The van der Waals surface area contributed by atoms with Crippen LogP contribution in [0.1, 0.15) is 50.5 Å². The maximum absolute atomic E-state index is 12.8. The Bertz CT molecular complexity index is 777. The van der Waals surface area contributed by atoms with Gasteiger partial charge in [-0.1, -0.05) is 12.5 Å². The van der Waals surface area contributed by atoms with E-state index in [2.05, 4.69) is 59.1 Å². The first-order valence-electron chi connectivity index (χ1n) is 9.62. The summed E-state index contributed by atoms with van der Waals surface area (Å²) in [5.74, 6) is -0.0396. The van der Waals surface area contributed by atoms with E-state index in [1.54, 1.807) is 0 Å². The molecule has 3 rings (SSSR count). The quantitative estimate of drug-likeness (QED) is 0.860. The number of hydrogen-bond acceptors (Lipinski definition) is 3. The molecular formula is C21H32N4O. The summed E-state index contributed by atoms with van der Waals surface area (Å²) in [5, 5.41) is 4.28. The van der Waals surface area contributed by atoms with Gasteiger partial charge in [0.15, 0.2) is 0 Å². The summed E-state index contributed by atoms with van der Waals surface area (Å²) in [5.41, 5.74) is 2.46. The monoisotopic (exact) mass is 356 g/mol. The van der Waals surface area contributed by atoms with Gasteiger partial charge in [0, 0.05) is 48.8 Å². The Kier molecular flexibility index (Phi) is 5.28. The van der Waals surface area contributed by atoms with Crippen molar-refractivity contribution in [3.8, 4) is 0 Å². The molecular weight excluding hydrogens is 324 g/mol. The number of rotatable bonds is 5. The summed E-state index contributed by atoms with van der Waals surface area (Å²) < 4.78 is 0. The Hall–Kier alpha value is -2.01. The number of piperidine rings is 1. The van der Waals surface area contributed by atoms with Crippen LogP contribution in [0.15, 0.2) is 24.3 Å². The second-order valence-electron chi connectivity index (χ2n) is 8.50. The molecule has 1 atom stereocenters. The smallest absolute Gasteiger partial charge is 0.268 e. The summed E-state index contributed by atoms with van der Waals surface area (Å²) in [6, 6.07) is 8.73. The van der Waals surface area contributed by atoms with E-state index in [1.807, 2.05) is 20.2 Å². The molecule has 1 aliphatic heterocycles. The zero-order chi connectivity index (χ0) is 18.9. The lowest BCUT2D eigenvalue weighted by molar-refractivity contribution is 0.0831. The van der Waals surface area contributed by atoms with Gasteiger partial charge in [-0.25, -0.2) is 0 Å². The number of nitrogens with one attached hydrogen (secondary N) is 2. The zero-order valence-electron chi connectivity index (χ0n) is 16.7. The summed E-state index contributed by atoms with van der Waals surface area (Å²) >= 11 is 0. The van der Waals surface area contributed by atoms with Crippen LogP contribution in [0, 0.1) is 0 Å². The number of likely N-dealkylation sites (tertiary alicyclic amines) is 1. The molecule has 26 heavy (non-hydrogen) atoms. The van der Waals surface area contributed by atoms with Gasteiger partial charge in [0.2, 0.25) is 0 Å². The topological polar surface area (TPSA) is 51.4 Å². The number of nitrogens with zero attached hydrogens (tertiary/aromatic N) is 2. The number of amides is 1. The van der Waals surface area contributed by atoms with Crippen molar-refractivity contribution in [1.82, 2.24) is 15.2 Å². The van der Waals surface area contributed by atoms with Gasteiger partial charge in [-0.2, -0.15) is 0 Å². The van der Waals surface area contributed by atoms with Crippen LogP contribution >= 0.6 is 0 Å². The van der Waals surface area contributed by atoms with Crippen LogP contribution < -0.4 is 10.2 Å². The number of carbonyl (C=O) groups excluding carboxylic acids is 1. The molecule has 1 aliphatic rings. The van der Waals surface area contributed by atoms with Crippen LogP contribution in [0.4, 0.5) is 5.69 Å². The molecule has 1 aromatic heterocycles. The summed E-state index contributed by atoms with van der Waals surface area (Å²) in [6.45, 7) is 8.51. The molecule has 5 heteroatoms. The first-order valence-corrected chi connectivity index (χ1v) is 9.62. The largest absolute Gasteiger partial charge is 0.378 e. The zero-order valence-corrected chi connectivity index (χ0v) is 16.7. The summed E-state index contributed by atoms with van der Waals surface area (Å²) in [6.07, 6.45) is 3.82. The Morgan fingerprint density at radius 1 is 1.31 bits per heavy atom. The molecule has 2 aromatic rings. The van der Waals surface area contributed by atoms with E-state index < -0.39 is 0 Å². The predicted octanol–water partition coefficient (Wildman–Crippen LogP) is 3.62. The molecule has 142 valence electrons. The van der Waals surface area contributed by atoms with E-state index in [4.69, 9.17) is 0 Å². The highest BCUT2D eigenvalue weighted by Crippen LogP contribution is 2.23. The molecule has 0 radical (unpaired) electrons. The van der Waals surface area contributed by atoms with Crippen LogP contribution in [0.3, 0.4) is 0 Å². The molecule has 1 fully saturated rings. The highest BCUT2D eigenvalue weighted by Gasteiger charge is 2.28. The minimum Gasteiger partial charge on any atom is -0.378 e. The molecule has 1 saturated heterocycles. The molecule has 1 aromatic carbocycles. The van der Waals surface area contributed by atoms with Crippen molar-refractivity contribution in [2.75, 3.05) is 32.1 Å². The van der Waals surface area contributed by atoms with E-state index in [9.17, 15) is 4.79 Å². The number of hydrogen-bond donors (Lipinski definition) is 2. The van der Waals surface area contributed by atoms with E-state index in [1.165, 1.54) is 19.3 Å². The van der Waals surface area contributed by atoms with Crippen molar-refractivity contribution < 1.29 is 4.79 Å². The van der Waals surface area contributed by atoms with Crippen LogP contribution in [-0.2, 0) is 0 Å². The predicted molar refractivity (Wildman–Crippen MR) is 109 cm³/mol. The van der Waals surface area contributed by atoms with Crippen LogP contribution in [-0.4, -0.2) is 54.6 Å². The minimum atomic E-state index is -0.269. The molecule has 1 amide bonds. The Morgan fingerprint density at radius 2 is 2.08 bits per heavy atom. The first kappa shape index (κ1) is 18.8. The van der Waals surface area contributed by atoms with Gasteiger partial charge in [0.05, 0.1) is 0 Å². The highest BCUT2D eigenvalue weighted by atomic mass is 16.2. The number of carbonyl (C=O) groups is 1. The Labute approximate surface area is 156 Å². The van der Waals surface area contributed by atoms with E-state index in [-0.39, 0.29) is 11.4 Å². The second-order valence-corrected chi connectivity index (χ2v) is 8.50.